The maximum Gasteiger partial charge on any atom is 0.0275 e. The van der Waals surface area contributed by atoms with E-state index in [4.69, 9.17) is 0 Å². The van der Waals surface area contributed by atoms with Gasteiger partial charge < -0.3 is 0 Å². The van der Waals surface area contributed by atoms with Gasteiger partial charge in [-0.3, -0.25) is 0 Å². The number of rotatable bonds is 2. The first kappa shape index (κ1) is 11.6. The van der Waals surface area contributed by atoms with Crippen LogP contribution in [0.3, 0.4) is 0 Å². The van der Waals surface area contributed by atoms with Crippen LogP contribution in [0.25, 0.3) is 10.8 Å². The molecule has 1 aliphatic heterocycles. The fraction of sp³-hybridized carbons (Fsp3) is 0.333. The number of hydrogen-bond donors (Lipinski definition) is 0. The molecule has 0 N–H and O–H groups in total. The minimum Gasteiger partial charge on any atom is -0.160 e. The Labute approximate surface area is 115 Å². The van der Waals surface area contributed by atoms with Crippen LogP contribution in [0.4, 0.5) is 0 Å². The normalized spacial score (nSPS) is 24.3. The van der Waals surface area contributed by atoms with E-state index in [1.54, 1.807) is 0 Å². The summed E-state index contributed by atoms with van der Waals surface area (Å²) in [6.07, 6.45) is 1.20. The van der Waals surface area contributed by atoms with Crippen molar-refractivity contribution in [1.29, 1.82) is 0 Å². The summed E-state index contributed by atoms with van der Waals surface area (Å²) in [6, 6.07) is 15.4. The van der Waals surface area contributed by atoms with Crippen molar-refractivity contribution in [3.63, 3.8) is 0 Å². The lowest BCUT2D eigenvalue weighted by Gasteiger charge is -2.14. The Morgan fingerprint density at radius 2 is 1.88 bits per heavy atom. The van der Waals surface area contributed by atoms with Gasteiger partial charge in [-0.25, -0.2) is 0 Å². The highest BCUT2D eigenvalue weighted by Gasteiger charge is 2.25. The molecule has 1 fully saturated rings. The van der Waals surface area contributed by atoms with Crippen molar-refractivity contribution in [1.82, 2.24) is 0 Å². The summed E-state index contributed by atoms with van der Waals surface area (Å²) in [4.78, 5) is 0.687. The molecule has 2 unspecified atom stereocenters. The van der Waals surface area contributed by atoms with E-state index in [2.05, 4.69) is 70.2 Å². The molecule has 1 aliphatic rings. The first-order valence-electron chi connectivity index (χ1n) is 6.03. The third-order valence-corrected chi connectivity index (χ3v) is 6.24. The Bertz CT molecular complexity index is 518. The summed E-state index contributed by atoms with van der Waals surface area (Å²) >= 11 is 5.87. The lowest BCUT2D eigenvalue weighted by Crippen LogP contribution is -2.14. The van der Waals surface area contributed by atoms with E-state index >= 15 is 0 Å². The van der Waals surface area contributed by atoms with Crippen molar-refractivity contribution in [2.75, 3.05) is 11.5 Å². The van der Waals surface area contributed by atoms with Gasteiger partial charge in [-0.05, 0) is 34.4 Å². The number of halogens is 1. The Morgan fingerprint density at radius 3 is 2.71 bits per heavy atom. The molecule has 1 heterocycles. The molecule has 2 aromatic carbocycles. The quantitative estimate of drug-likeness (QED) is 0.736. The predicted octanol–water partition coefficient (Wildman–Crippen LogP) is 4.51. The van der Waals surface area contributed by atoms with E-state index in [-0.39, 0.29) is 0 Å². The minimum atomic E-state index is 0.687. The molecule has 1 saturated heterocycles. The lowest BCUT2D eigenvalue weighted by molar-refractivity contribution is 0.619. The Kier molecular flexibility index (Phi) is 3.44. The van der Waals surface area contributed by atoms with Crippen LogP contribution in [-0.4, -0.2) is 16.3 Å². The first-order valence-corrected chi connectivity index (χ1v) is 8.10. The first-order chi connectivity index (χ1) is 8.34. The molecule has 0 spiro atoms. The van der Waals surface area contributed by atoms with E-state index in [1.807, 2.05) is 0 Å². The number of thioether (sulfide) groups is 1. The van der Waals surface area contributed by atoms with Gasteiger partial charge in [0.25, 0.3) is 0 Å². The molecule has 0 amide bonds. The number of benzene rings is 2. The van der Waals surface area contributed by atoms with Crippen LogP contribution < -0.4 is 0 Å². The molecule has 0 saturated carbocycles. The SMILES string of the molecule is BrC1CSCC1Cc1cccc2ccccc12. The molecular weight excluding hydrogens is 292 g/mol. The van der Waals surface area contributed by atoms with E-state index in [9.17, 15) is 0 Å². The van der Waals surface area contributed by atoms with E-state index in [0.29, 0.717) is 4.83 Å². The molecule has 0 radical (unpaired) electrons. The Balaban J connectivity index is 1.94. The predicted molar refractivity (Wildman–Crippen MR) is 81.2 cm³/mol. The highest BCUT2D eigenvalue weighted by molar-refractivity contribution is 9.09. The summed E-state index contributed by atoms with van der Waals surface area (Å²) in [5.41, 5.74) is 1.50. The zero-order valence-corrected chi connectivity index (χ0v) is 12.0. The van der Waals surface area contributed by atoms with Crippen LogP contribution in [0.2, 0.25) is 0 Å². The third-order valence-electron chi connectivity index (χ3n) is 3.48. The lowest BCUT2D eigenvalue weighted by atomic mass is 9.94. The van der Waals surface area contributed by atoms with Gasteiger partial charge in [-0.15, -0.1) is 0 Å². The van der Waals surface area contributed by atoms with Crippen LogP contribution >= 0.6 is 27.7 Å². The van der Waals surface area contributed by atoms with Crippen molar-refractivity contribution in [2.24, 2.45) is 5.92 Å². The average molecular weight is 307 g/mol. The minimum absolute atomic E-state index is 0.687. The van der Waals surface area contributed by atoms with Gasteiger partial charge in [-0.1, -0.05) is 58.4 Å². The van der Waals surface area contributed by atoms with Crippen LogP contribution in [0, 0.1) is 5.92 Å². The summed E-state index contributed by atoms with van der Waals surface area (Å²) in [5, 5.41) is 2.79. The molecule has 0 nitrogen and oxygen atoms in total. The standard InChI is InChI=1S/C15H15BrS/c16-15-10-17-9-13(15)8-12-6-3-5-11-4-1-2-7-14(11)12/h1-7,13,15H,8-10H2. The largest absolute Gasteiger partial charge is 0.160 e. The topological polar surface area (TPSA) is 0 Å². The molecule has 3 rings (SSSR count). The second-order valence-corrected chi connectivity index (χ2v) is 6.91. The van der Waals surface area contributed by atoms with Gasteiger partial charge in [0.05, 0.1) is 0 Å². The molecule has 0 bridgehead atoms. The molecule has 17 heavy (non-hydrogen) atoms. The van der Waals surface area contributed by atoms with Gasteiger partial charge in [0.1, 0.15) is 0 Å². The van der Waals surface area contributed by atoms with Crippen LogP contribution in [0.1, 0.15) is 5.56 Å². The smallest absolute Gasteiger partial charge is 0.0275 e. The summed E-state index contributed by atoms with van der Waals surface area (Å²) in [5.74, 6) is 3.33. The monoisotopic (exact) mass is 306 g/mol. The van der Waals surface area contributed by atoms with Gasteiger partial charge in [-0.2, -0.15) is 11.8 Å². The number of alkyl halides is 1. The van der Waals surface area contributed by atoms with Crippen molar-refractivity contribution < 1.29 is 0 Å². The maximum atomic E-state index is 3.81. The van der Waals surface area contributed by atoms with Crippen molar-refractivity contribution >= 4 is 38.5 Å². The van der Waals surface area contributed by atoms with Crippen molar-refractivity contribution in [3.8, 4) is 0 Å². The van der Waals surface area contributed by atoms with Crippen LogP contribution in [0.5, 0.6) is 0 Å². The number of fused-ring (bicyclic) bond motifs is 1. The van der Waals surface area contributed by atoms with Gasteiger partial charge in [0.2, 0.25) is 0 Å². The van der Waals surface area contributed by atoms with Gasteiger partial charge in [0.15, 0.2) is 0 Å². The Hall–Kier alpha value is -0.470. The highest BCUT2D eigenvalue weighted by atomic mass is 79.9. The molecule has 0 aliphatic carbocycles. The van der Waals surface area contributed by atoms with Crippen molar-refractivity contribution in [2.45, 2.75) is 11.2 Å². The van der Waals surface area contributed by atoms with Crippen LogP contribution in [0.15, 0.2) is 42.5 Å². The highest BCUT2D eigenvalue weighted by Crippen LogP contribution is 2.33. The van der Waals surface area contributed by atoms with E-state index in [0.717, 1.165) is 5.92 Å². The fourth-order valence-corrected chi connectivity index (χ4v) is 4.98. The molecule has 0 aromatic heterocycles. The molecule has 2 atom stereocenters. The van der Waals surface area contributed by atoms with E-state index < -0.39 is 0 Å². The molecule has 2 aromatic rings. The van der Waals surface area contributed by atoms with Gasteiger partial charge in [0, 0.05) is 10.6 Å². The third kappa shape index (κ3) is 2.38. The number of hydrogen-bond acceptors (Lipinski definition) is 1. The fourth-order valence-electron chi connectivity index (χ4n) is 2.51. The zero-order chi connectivity index (χ0) is 11.7. The molecule has 2 heteroatoms. The van der Waals surface area contributed by atoms with E-state index in [1.165, 1.54) is 34.3 Å². The second kappa shape index (κ2) is 5.03. The maximum absolute atomic E-state index is 3.81. The van der Waals surface area contributed by atoms with Crippen LogP contribution in [-0.2, 0) is 6.42 Å². The summed E-state index contributed by atoms with van der Waals surface area (Å²) in [6.45, 7) is 0. The molecule has 88 valence electrons. The molecular formula is C15H15BrS. The zero-order valence-electron chi connectivity index (χ0n) is 9.60. The summed E-state index contributed by atoms with van der Waals surface area (Å²) in [7, 11) is 0. The van der Waals surface area contributed by atoms with Crippen molar-refractivity contribution in [3.05, 3.63) is 48.0 Å². The van der Waals surface area contributed by atoms with Gasteiger partial charge >= 0.3 is 0 Å². The average Bonchev–Trinajstić information content (AvgIpc) is 2.76. The summed E-state index contributed by atoms with van der Waals surface area (Å²) < 4.78 is 0. The second-order valence-electron chi connectivity index (χ2n) is 4.66. The Morgan fingerprint density at radius 1 is 1.06 bits per heavy atom.